The lowest BCUT2D eigenvalue weighted by Gasteiger charge is -2.33. The number of morpholine rings is 1. The first-order valence-corrected chi connectivity index (χ1v) is 6.29. The van der Waals surface area contributed by atoms with Gasteiger partial charge in [-0.1, -0.05) is 0 Å². The highest BCUT2D eigenvalue weighted by atomic mass is 16.5. The molecular weight excluding hydrogens is 232 g/mol. The van der Waals surface area contributed by atoms with E-state index >= 15 is 0 Å². The molecule has 18 heavy (non-hydrogen) atoms. The van der Waals surface area contributed by atoms with Crippen molar-refractivity contribution < 1.29 is 9.84 Å². The molecule has 2 heterocycles. The van der Waals surface area contributed by atoms with Gasteiger partial charge in [0, 0.05) is 25.2 Å². The van der Waals surface area contributed by atoms with Gasteiger partial charge in [-0.25, -0.2) is 9.97 Å². The summed E-state index contributed by atoms with van der Waals surface area (Å²) in [5.74, 6) is 1.79. The minimum Gasteiger partial charge on any atom is -0.394 e. The summed E-state index contributed by atoms with van der Waals surface area (Å²) in [5, 5.41) is 12.4. The van der Waals surface area contributed by atoms with E-state index in [1.165, 1.54) is 0 Å². The van der Waals surface area contributed by atoms with Gasteiger partial charge in [-0.05, 0) is 13.8 Å². The highest BCUT2D eigenvalue weighted by molar-refractivity contribution is 5.58. The fourth-order valence-corrected chi connectivity index (χ4v) is 2.13. The van der Waals surface area contributed by atoms with Gasteiger partial charge in [-0.2, -0.15) is 0 Å². The Kier molecular flexibility index (Phi) is 4.33. The fourth-order valence-electron chi connectivity index (χ4n) is 2.13. The first-order chi connectivity index (χ1) is 8.76. The normalized spacial score (nSPS) is 19.9. The number of rotatable bonds is 4. The highest BCUT2D eigenvalue weighted by Gasteiger charge is 2.22. The number of anilines is 2. The van der Waals surface area contributed by atoms with Crippen LogP contribution in [0.5, 0.6) is 0 Å². The minimum atomic E-state index is -0.129. The van der Waals surface area contributed by atoms with Crippen LogP contribution in [0.15, 0.2) is 6.33 Å². The molecule has 6 heteroatoms. The van der Waals surface area contributed by atoms with Crippen LogP contribution in [0.1, 0.15) is 12.5 Å². The Bertz CT molecular complexity index is 400. The number of hydrogen-bond donors (Lipinski definition) is 2. The molecule has 2 rings (SSSR count). The molecule has 0 aromatic carbocycles. The molecule has 1 aromatic rings. The van der Waals surface area contributed by atoms with Crippen LogP contribution in [-0.4, -0.2) is 54.0 Å². The molecule has 1 saturated heterocycles. The number of nitrogens with one attached hydrogen (secondary N) is 1. The molecule has 2 N–H and O–H groups in total. The Labute approximate surface area is 107 Å². The summed E-state index contributed by atoms with van der Waals surface area (Å²) in [7, 11) is 0. The van der Waals surface area contributed by atoms with Crippen molar-refractivity contribution in [2.45, 2.75) is 20.0 Å². The Morgan fingerprint density at radius 2 is 2.39 bits per heavy atom. The van der Waals surface area contributed by atoms with Crippen molar-refractivity contribution in [3.63, 3.8) is 0 Å². The van der Waals surface area contributed by atoms with E-state index in [1.54, 1.807) is 6.33 Å². The maximum Gasteiger partial charge on any atom is 0.137 e. The zero-order chi connectivity index (χ0) is 13.0. The van der Waals surface area contributed by atoms with Crippen molar-refractivity contribution in [3.8, 4) is 0 Å². The largest absolute Gasteiger partial charge is 0.394 e. The van der Waals surface area contributed by atoms with E-state index in [-0.39, 0.29) is 12.7 Å². The third-order valence-electron chi connectivity index (χ3n) is 3.04. The van der Waals surface area contributed by atoms with Gasteiger partial charge in [0.15, 0.2) is 0 Å². The Morgan fingerprint density at radius 1 is 1.56 bits per heavy atom. The van der Waals surface area contributed by atoms with Crippen molar-refractivity contribution in [2.75, 3.05) is 43.1 Å². The van der Waals surface area contributed by atoms with E-state index in [2.05, 4.69) is 20.2 Å². The topological polar surface area (TPSA) is 70.5 Å². The molecule has 0 spiro atoms. The molecule has 1 fully saturated rings. The van der Waals surface area contributed by atoms with Gasteiger partial charge in [-0.15, -0.1) is 0 Å². The SMILES string of the molecule is CCNc1ncnc(N2CCOC(CO)C2)c1C. The first kappa shape index (κ1) is 13.0. The first-order valence-electron chi connectivity index (χ1n) is 6.29. The Morgan fingerprint density at radius 3 is 3.11 bits per heavy atom. The second-order valence-corrected chi connectivity index (χ2v) is 4.32. The number of nitrogens with zero attached hydrogens (tertiary/aromatic N) is 3. The van der Waals surface area contributed by atoms with E-state index in [0.717, 1.165) is 30.3 Å². The van der Waals surface area contributed by atoms with Crippen LogP contribution in [0.2, 0.25) is 0 Å². The summed E-state index contributed by atoms with van der Waals surface area (Å²) in [4.78, 5) is 10.7. The van der Waals surface area contributed by atoms with Crippen molar-refractivity contribution >= 4 is 11.6 Å². The van der Waals surface area contributed by atoms with Gasteiger partial charge in [0.2, 0.25) is 0 Å². The number of hydrogen-bond acceptors (Lipinski definition) is 6. The van der Waals surface area contributed by atoms with Crippen LogP contribution in [0, 0.1) is 6.92 Å². The summed E-state index contributed by atoms with van der Waals surface area (Å²) >= 11 is 0. The summed E-state index contributed by atoms with van der Waals surface area (Å²) < 4.78 is 5.45. The van der Waals surface area contributed by atoms with Gasteiger partial charge >= 0.3 is 0 Å². The molecule has 0 radical (unpaired) electrons. The van der Waals surface area contributed by atoms with Gasteiger partial charge in [0.1, 0.15) is 18.0 Å². The number of ether oxygens (including phenoxy) is 1. The van der Waals surface area contributed by atoms with Crippen LogP contribution in [0.4, 0.5) is 11.6 Å². The molecule has 1 unspecified atom stereocenters. The monoisotopic (exact) mass is 252 g/mol. The van der Waals surface area contributed by atoms with Crippen LogP contribution >= 0.6 is 0 Å². The molecule has 1 aliphatic heterocycles. The average Bonchev–Trinajstić information content (AvgIpc) is 2.41. The maximum absolute atomic E-state index is 9.17. The zero-order valence-electron chi connectivity index (χ0n) is 10.9. The van der Waals surface area contributed by atoms with Crippen LogP contribution in [0.25, 0.3) is 0 Å². The van der Waals surface area contributed by atoms with Crippen LogP contribution in [-0.2, 0) is 4.74 Å². The lowest BCUT2D eigenvalue weighted by Crippen LogP contribution is -2.44. The van der Waals surface area contributed by atoms with Crippen molar-refractivity contribution in [1.82, 2.24) is 9.97 Å². The zero-order valence-corrected chi connectivity index (χ0v) is 10.9. The van der Waals surface area contributed by atoms with E-state index in [9.17, 15) is 0 Å². The third kappa shape index (κ3) is 2.70. The molecule has 1 atom stereocenters. The Balaban J connectivity index is 2.19. The minimum absolute atomic E-state index is 0.0424. The maximum atomic E-state index is 9.17. The van der Waals surface area contributed by atoms with Crippen molar-refractivity contribution in [3.05, 3.63) is 11.9 Å². The molecule has 0 bridgehead atoms. The van der Waals surface area contributed by atoms with E-state index in [0.29, 0.717) is 13.2 Å². The molecule has 0 saturated carbocycles. The van der Waals surface area contributed by atoms with Gasteiger partial charge in [0.05, 0.1) is 19.3 Å². The van der Waals surface area contributed by atoms with Crippen LogP contribution in [0.3, 0.4) is 0 Å². The summed E-state index contributed by atoms with van der Waals surface area (Å²) in [6.45, 7) is 7.00. The molecule has 6 nitrogen and oxygen atoms in total. The molecule has 0 aliphatic carbocycles. The summed E-state index contributed by atoms with van der Waals surface area (Å²) in [6, 6.07) is 0. The third-order valence-corrected chi connectivity index (χ3v) is 3.04. The quantitative estimate of drug-likeness (QED) is 0.809. The van der Waals surface area contributed by atoms with Gasteiger partial charge in [0.25, 0.3) is 0 Å². The molecule has 100 valence electrons. The smallest absolute Gasteiger partial charge is 0.137 e. The molecule has 1 aliphatic rings. The predicted octanol–water partition coefficient (Wildman–Crippen LogP) is 0.414. The summed E-state index contributed by atoms with van der Waals surface area (Å²) in [6.07, 6.45) is 1.44. The highest BCUT2D eigenvalue weighted by Crippen LogP contribution is 2.23. The fraction of sp³-hybridized carbons (Fsp3) is 0.667. The predicted molar refractivity (Wildman–Crippen MR) is 70.0 cm³/mol. The number of aliphatic hydroxyl groups excluding tert-OH is 1. The molecule has 1 aromatic heterocycles. The van der Waals surface area contributed by atoms with E-state index in [4.69, 9.17) is 9.84 Å². The Hall–Kier alpha value is -1.40. The van der Waals surface area contributed by atoms with E-state index < -0.39 is 0 Å². The van der Waals surface area contributed by atoms with Crippen LogP contribution < -0.4 is 10.2 Å². The van der Waals surface area contributed by atoms with Gasteiger partial charge in [-0.3, -0.25) is 0 Å². The standard InChI is InChI=1S/C12H20N4O2/c1-3-13-11-9(2)12(15-8-14-11)16-4-5-18-10(6-16)7-17/h8,10,17H,3-7H2,1-2H3,(H,13,14,15). The lowest BCUT2D eigenvalue weighted by atomic mass is 10.2. The number of aliphatic hydroxyl groups is 1. The van der Waals surface area contributed by atoms with Crippen molar-refractivity contribution in [1.29, 1.82) is 0 Å². The van der Waals surface area contributed by atoms with Crippen molar-refractivity contribution in [2.24, 2.45) is 0 Å². The lowest BCUT2D eigenvalue weighted by molar-refractivity contribution is 0.00333. The second kappa shape index (κ2) is 5.97. The number of aromatic nitrogens is 2. The average molecular weight is 252 g/mol. The molecular formula is C12H20N4O2. The summed E-state index contributed by atoms with van der Waals surface area (Å²) in [5.41, 5.74) is 1.04. The van der Waals surface area contributed by atoms with E-state index in [1.807, 2.05) is 13.8 Å². The molecule has 0 amide bonds. The second-order valence-electron chi connectivity index (χ2n) is 4.32. The van der Waals surface area contributed by atoms with Gasteiger partial charge < -0.3 is 20.1 Å².